The molecule has 5 nitrogen and oxygen atoms in total. The predicted octanol–water partition coefficient (Wildman–Crippen LogP) is 4.72. The number of hydrogen-bond donors (Lipinski definition) is 0. The van der Waals surface area contributed by atoms with Crippen molar-refractivity contribution in [1.29, 1.82) is 0 Å². The van der Waals surface area contributed by atoms with Gasteiger partial charge in [0.05, 0.1) is 29.0 Å². The van der Waals surface area contributed by atoms with E-state index in [-0.39, 0.29) is 10.9 Å². The molecule has 0 aliphatic carbocycles. The highest BCUT2D eigenvalue weighted by Gasteiger charge is 2.41. The Balaban J connectivity index is 1.19. The molecule has 2 aromatic rings. The van der Waals surface area contributed by atoms with Crippen molar-refractivity contribution in [1.82, 2.24) is 14.8 Å². The molecule has 2 unspecified atom stereocenters. The Morgan fingerprint density at radius 3 is 2.53 bits per heavy atom. The summed E-state index contributed by atoms with van der Waals surface area (Å²) < 4.78 is 39.6. The summed E-state index contributed by atoms with van der Waals surface area (Å²) in [5, 5.41) is -0.294. The fourth-order valence-electron chi connectivity index (χ4n) is 5.39. The molecular weight excluding hydrogens is 465 g/mol. The van der Waals surface area contributed by atoms with Crippen LogP contribution in [-0.4, -0.2) is 65.5 Å². The normalized spacial score (nSPS) is 23.2. The molecule has 5 rings (SSSR count). The molecule has 0 radical (unpaired) electrons. The molecule has 2 fully saturated rings. The number of likely N-dealkylation sites (tertiary alicyclic amines) is 1. The Morgan fingerprint density at radius 1 is 1.15 bits per heavy atom. The Kier molecular flexibility index (Phi) is 6.29. The third kappa shape index (κ3) is 4.66. The van der Waals surface area contributed by atoms with Gasteiger partial charge in [0.2, 0.25) is 5.91 Å². The van der Waals surface area contributed by atoms with E-state index in [0.717, 1.165) is 30.2 Å². The molecule has 1 aromatic carbocycles. The number of carbonyl (C=O) groups excluding carboxylic acids is 1. The number of carbonyl (C=O) groups is 1. The summed E-state index contributed by atoms with van der Waals surface area (Å²) in [5.41, 5.74) is 1.69. The largest absolute Gasteiger partial charge is 0.417 e. The molecule has 3 aliphatic rings. The van der Waals surface area contributed by atoms with Gasteiger partial charge in [0, 0.05) is 44.5 Å². The standard InChI is InChI=1S/C25H26ClF3N4O/c26-23-6-3-18(12-22(23)25(27,28)29)17-7-10-31(11-8-17)16-24(34)32-14-20-4-5-21(15-32)33(20)19-2-1-9-30-13-19/h1-3,6-7,9,12-13,20-21H,4-5,8,10-11,14-16H2. The van der Waals surface area contributed by atoms with Gasteiger partial charge in [0.25, 0.3) is 0 Å². The van der Waals surface area contributed by atoms with Gasteiger partial charge < -0.3 is 9.80 Å². The van der Waals surface area contributed by atoms with Gasteiger partial charge in [-0.05, 0) is 54.7 Å². The number of alkyl halides is 3. The number of benzene rings is 1. The number of rotatable bonds is 4. The molecule has 180 valence electrons. The van der Waals surface area contributed by atoms with Crippen LogP contribution in [-0.2, 0) is 11.0 Å². The first-order valence-electron chi connectivity index (χ1n) is 11.5. The number of anilines is 1. The molecule has 0 N–H and O–H groups in total. The average molecular weight is 491 g/mol. The molecule has 9 heteroatoms. The average Bonchev–Trinajstić information content (AvgIpc) is 3.09. The quantitative estimate of drug-likeness (QED) is 0.621. The molecule has 0 saturated carbocycles. The van der Waals surface area contributed by atoms with Crippen LogP contribution in [0, 0.1) is 0 Å². The molecule has 2 saturated heterocycles. The highest BCUT2D eigenvalue weighted by molar-refractivity contribution is 6.31. The van der Waals surface area contributed by atoms with Crippen LogP contribution in [0.25, 0.3) is 5.57 Å². The van der Waals surface area contributed by atoms with E-state index in [9.17, 15) is 18.0 Å². The van der Waals surface area contributed by atoms with Crippen molar-refractivity contribution < 1.29 is 18.0 Å². The zero-order valence-corrected chi connectivity index (χ0v) is 19.4. The summed E-state index contributed by atoms with van der Waals surface area (Å²) in [5.74, 6) is 0.116. The smallest absolute Gasteiger partial charge is 0.361 e. The maximum absolute atomic E-state index is 13.2. The van der Waals surface area contributed by atoms with Crippen molar-refractivity contribution in [3.63, 3.8) is 0 Å². The highest BCUT2D eigenvalue weighted by Crippen LogP contribution is 2.37. The lowest BCUT2D eigenvalue weighted by molar-refractivity contribution is -0.137. The minimum atomic E-state index is -4.48. The lowest BCUT2D eigenvalue weighted by Gasteiger charge is -2.43. The molecule has 1 aromatic heterocycles. The maximum atomic E-state index is 13.2. The topological polar surface area (TPSA) is 39.7 Å². The van der Waals surface area contributed by atoms with E-state index in [4.69, 9.17) is 11.6 Å². The third-order valence-corrected chi connectivity index (χ3v) is 7.40. The van der Waals surface area contributed by atoms with Gasteiger partial charge in [-0.25, -0.2) is 0 Å². The first-order chi connectivity index (χ1) is 16.3. The Labute approximate surface area is 201 Å². The predicted molar refractivity (Wildman–Crippen MR) is 126 cm³/mol. The van der Waals surface area contributed by atoms with Crippen LogP contribution in [0.4, 0.5) is 18.9 Å². The molecule has 2 atom stereocenters. The maximum Gasteiger partial charge on any atom is 0.417 e. The SMILES string of the molecule is O=C(CN1CC=C(c2ccc(Cl)c(C(F)(F)F)c2)CC1)N1CC2CCC(C1)N2c1cccnc1. The van der Waals surface area contributed by atoms with Gasteiger partial charge >= 0.3 is 6.18 Å². The number of amides is 1. The summed E-state index contributed by atoms with van der Waals surface area (Å²) in [6, 6.07) is 8.69. The molecule has 34 heavy (non-hydrogen) atoms. The third-order valence-electron chi connectivity index (χ3n) is 7.07. The Hall–Kier alpha value is -2.58. The number of aromatic nitrogens is 1. The van der Waals surface area contributed by atoms with Crippen LogP contribution < -0.4 is 4.90 Å². The summed E-state index contributed by atoms with van der Waals surface area (Å²) in [6.07, 6.45) is 3.82. The van der Waals surface area contributed by atoms with Crippen LogP contribution in [0.15, 0.2) is 48.8 Å². The van der Waals surface area contributed by atoms with Crippen molar-refractivity contribution in [3.8, 4) is 0 Å². The molecule has 1 amide bonds. The van der Waals surface area contributed by atoms with Gasteiger partial charge in [0.15, 0.2) is 0 Å². The van der Waals surface area contributed by atoms with E-state index in [1.807, 2.05) is 23.2 Å². The van der Waals surface area contributed by atoms with E-state index in [0.29, 0.717) is 56.8 Å². The first kappa shape index (κ1) is 23.2. The van der Waals surface area contributed by atoms with Gasteiger partial charge in [-0.1, -0.05) is 23.7 Å². The van der Waals surface area contributed by atoms with Gasteiger partial charge in [-0.2, -0.15) is 13.2 Å². The summed E-state index contributed by atoms with van der Waals surface area (Å²) in [7, 11) is 0. The zero-order chi connectivity index (χ0) is 23.9. The number of fused-ring (bicyclic) bond motifs is 2. The summed E-state index contributed by atoms with van der Waals surface area (Å²) in [4.78, 5) is 23.7. The molecule has 2 bridgehead atoms. The van der Waals surface area contributed by atoms with Gasteiger partial charge in [-0.15, -0.1) is 0 Å². The van der Waals surface area contributed by atoms with Crippen LogP contribution in [0.3, 0.4) is 0 Å². The van der Waals surface area contributed by atoms with Crippen molar-refractivity contribution in [2.45, 2.75) is 37.5 Å². The lowest BCUT2D eigenvalue weighted by Crippen LogP contribution is -2.57. The van der Waals surface area contributed by atoms with Crippen molar-refractivity contribution in [3.05, 3.63) is 65.0 Å². The summed E-state index contributed by atoms with van der Waals surface area (Å²) in [6.45, 7) is 2.91. The second-order valence-electron chi connectivity index (χ2n) is 9.21. The number of hydrogen-bond acceptors (Lipinski definition) is 4. The van der Waals surface area contributed by atoms with Gasteiger partial charge in [0.1, 0.15) is 0 Å². The number of nitrogens with zero attached hydrogens (tertiary/aromatic N) is 4. The monoisotopic (exact) mass is 490 g/mol. The number of piperazine rings is 1. The second-order valence-corrected chi connectivity index (χ2v) is 9.62. The Bertz CT molecular complexity index is 1080. The number of halogens is 4. The molecule has 4 heterocycles. The minimum absolute atomic E-state index is 0.116. The van der Waals surface area contributed by atoms with Crippen LogP contribution in [0.5, 0.6) is 0 Å². The van der Waals surface area contributed by atoms with E-state index >= 15 is 0 Å². The van der Waals surface area contributed by atoms with Crippen LogP contribution >= 0.6 is 11.6 Å². The van der Waals surface area contributed by atoms with E-state index in [1.165, 1.54) is 6.07 Å². The van der Waals surface area contributed by atoms with Crippen molar-refractivity contribution in [2.75, 3.05) is 37.6 Å². The molecular formula is C25H26ClF3N4O. The van der Waals surface area contributed by atoms with E-state index < -0.39 is 11.7 Å². The van der Waals surface area contributed by atoms with Gasteiger partial charge in [-0.3, -0.25) is 14.7 Å². The lowest BCUT2D eigenvalue weighted by atomic mass is 9.97. The summed E-state index contributed by atoms with van der Waals surface area (Å²) >= 11 is 5.75. The van der Waals surface area contributed by atoms with Crippen molar-refractivity contribution >= 4 is 28.8 Å². The van der Waals surface area contributed by atoms with E-state index in [2.05, 4.69) is 20.9 Å². The molecule has 3 aliphatic heterocycles. The Morgan fingerprint density at radius 2 is 1.91 bits per heavy atom. The first-order valence-corrected chi connectivity index (χ1v) is 11.9. The van der Waals surface area contributed by atoms with Crippen molar-refractivity contribution in [2.24, 2.45) is 0 Å². The number of pyridine rings is 1. The van der Waals surface area contributed by atoms with Crippen LogP contribution in [0.1, 0.15) is 30.4 Å². The highest BCUT2D eigenvalue weighted by atomic mass is 35.5. The van der Waals surface area contributed by atoms with Crippen LogP contribution in [0.2, 0.25) is 5.02 Å². The van der Waals surface area contributed by atoms with E-state index in [1.54, 1.807) is 12.3 Å². The molecule has 0 spiro atoms. The minimum Gasteiger partial charge on any atom is -0.361 e. The second kappa shape index (κ2) is 9.23. The zero-order valence-electron chi connectivity index (χ0n) is 18.6. The fraction of sp³-hybridized carbons (Fsp3) is 0.440. The fourth-order valence-corrected chi connectivity index (χ4v) is 5.61.